The van der Waals surface area contributed by atoms with Crippen molar-refractivity contribution in [2.24, 2.45) is 0 Å². The molecule has 1 saturated heterocycles. The Morgan fingerprint density at radius 1 is 0.935 bits per heavy atom. The van der Waals surface area contributed by atoms with Crippen LogP contribution in [0.2, 0.25) is 0 Å². The molecule has 2 aliphatic heterocycles. The molecule has 3 aromatic rings. The van der Waals surface area contributed by atoms with Crippen LogP contribution in [0.15, 0.2) is 61.1 Å². The van der Waals surface area contributed by atoms with Gasteiger partial charge in [0.2, 0.25) is 6.10 Å². The molecular weight excluding hydrogens is 396 g/mol. The molecule has 1 amide bonds. The molecule has 9 heteroatoms. The highest BCUT2D eigenvalue weighted by Crippen LogP contribution is 2.31. The number of hydrogen-bond acceptors (Lipinski definition) is 8. The van der Waals surface area contributed by atoms with E-state index in [2.05, 4.69) is 25.2 Å². The summed E-state index contributed by atoms with van der Waals surface area (Å²) in [7, 11) is 0. The van der Waals surface area contributed by atoms with E-state index in [1.54, 1.807) is 6.20 Å². The molecular formula is C22H22N6O3. The molecule has 0 spiro atoms. The molecule has 2 aromatic heterocycles. The van der Waals surface area contributed by atoms with Gasteiger partial charge < -0.3 is 24.6 Å². The third-order valence-electron chi connectivity index (χ3n) is 5.27. The normalized spacial score (nSPS) is 17.9. The summed E-state index contributed by atoms with van der Waals surface area (Å²) in [5.74, 6) is 3.45. The van der Waals surface area contributed by atoms with Gasteiger partial charge in [0.15, 0.2) is 11.5 Å². The highest BCUT2D eigenvalue weighted by atomic mass is 16.6. The van der Waals surface area contributed by atoms with Crippen LogP contribution in [0.4, 0.5) is 17.5 Å². The molecule has 5 rings (SSSR count). The largest absolute Gasteiger partial charge is 0.485 e. The van der Waals surface area contributed by atoms with E-state index in [1.165, 1.54) is 6.33 Å². The number of amides is 1. The molecule has 0 radical (unpaired) electrons. The van der Waals surface area contributed by atoms with E-state index < -0.39 is 6.10 Å². The minimum atomic E-state index is -0.616. The van der Waals surface area contributed by atoms with E-state index in [-0.39, 0.29) is 12.5 Å². The maximum absolute atomic E-state index is 12.9. The second-order valence-electron chi connectivity index (χ2n) is 7.28. The Kier molecular flexibility index (Phi) is 5.22. The Morgan fingerprint density at radius 3 is 2.55 bits per heavy atom. The molecule has 158 valence electrons. The third kappa shape index (κ3) is 4.20. The Labute approximate surface area is 179 Å². The van der Waals surface area contributed by atoms with Gasteiger partial charge in [-0.15, -0.1) is 0 Å². The van der Waals surface area contributed by atoms with Gasteiger partial charge in [0.1, 0.15) is 30.4 Å². The highest BCUT2D eigenvalue weighted by molar-refractivity contribution is 5.82. The topological polar surface area (TPSA) is 92.7 Å². The van der Waals surface area contributed by atoms with Gasteiger partial charge in [-0.05, 0) is 24.3 Å². The number of benzene rings is 1. The quantitative estimate of drug-likeness (QED) is 0.689. The average Bonchev–Trinajstić information content (AvgIpc) is 2.84. The van der Waals surface area contributed by atoms with E-state index in [9.17, 15) is 4.79 Å². The SMILES string of the molecule is O=C(C1COc2ccccc2O1)N1CCN(c2cc(Nc3ccccn3)ncn2)CC1. The van der Waals surface area contributed by atoms with Gasteiger partial charge in [-0.25, -0.2) is 15.0 Å². The van der Waals surface area contributed by atoms with Gasteiger partial charge in [-0.1, -0.05) is 18.2 Å². The maximum Gasteiger partial charge on any atom is 0.267 e. The lowest BCUT2D eigenvalue weighted by molar-refractivity contribution is -0.141. The predicted octanol–water partition coefficient (Wildman–Crippen LogP) is 2.10. The van der Waals surface area contributed by atoms with E-state index in [1.807, 2.05) is 53.4 Å². The number of aromatic nitrogens is 3. The Bertz CT molecular complexity index is 1060. The van der Waals surface area contributed by atoms with Crippen LogP contribution in [-0.4, -0.2) is 64.6 Å². The summed E-state index contributed by atoms with van der Waals surface area (Å²) >= 11 is 0. The summed E-state index contributed by atoms with van der Waals surface area (Å²) in [6, 6.07) is 14.9. The molecule has 1 unspecified atom stereocenters. The molecule has 1 N–H and O–H groups in total. The van der Waals surface area contributed by atoms with Crippen molar-refractivity contribution in [3.8, 4) is 11.5 Å². The number of piperazine rings is 1. The molecule has 4 heterocycles. The first-order valence-electron chi connectivity index (χ1n) is 10.2. The fraction of sp³-hybridized carbons (Fsp3) is 0.273. The zero-order chi connectivity index (χ0) is 21.0. The number of nitrogens with zero attached hydrogens (tertiary/aromatic N) is 5. The lowest BCUT2D eigenvalue weighted by Gasteiger charge is -2.37. The zero-order valence-corrected chi connectivity index (χ0v) is 16.8. The fourth-order valence-corrected chi connectivity index (χ4v) is 3.66. The first-order chi connectivity index (χ1) is 15.3. The lowest BCUT2D eigenvalue weighted by Crippen LogP contribution is -2.54. The molecule has 0 aliphatic carbocycles. The Balaban J connectivity index is 1.19. The summed E-state index contributed by atoms with van der Waals surface area (Å²) in [6.07, 6.45) is 2.64. The number of hydrogen-bond donors (Lipinski definition) is 1. The molecule has 1 atom stereocenters. The Morgan fingerprint density at radius 2 is 1.74 bits per heavy atom. The minimum Gasteiger partial charge on any atom is -0.485 e. The van der Waals surface area contributed by atoms with Crippen LogP contribution in [0.5, 0.6) is 11.5 Å². The molecule has 1 fully saturated rings. The zero-order valence-electron chi connectivity index (χ0n) is 16.8. The van der Waals surface area contributed by atoms with Crippen LogP contribution in [0.3, 0.4) is 0 Å². The smallest absolute Gasteiger partial charge is 0.267 e. The number of carbonyl (C=O) groups is 1. The first-order valence-corrected chi connectivity index (χ1v) is 10.2. The number of ether oxygens (including phenoxy) is 2. The van der Waals surface area contributed by atoms with Crippen molar-refractivity contribution in [2.45, 2.75) is 6.10 Å². The summed E-state index contributed by atoms with van der Waals surface area (Å²) in [5, 5.41) is 3.18. The Hall–Kier alpha value is -3.88. The summed E-state index contributed by atoms with van der Waals surface area (Å²) in [4.78, 5) is 29.8. The number of anilines is 3. The molecule has 31 heavy (non-hydrogen) atoms. The standard InChI is InChI=1S/C22H22N6O3/c29-22(18-14-30-16-5-1-2-6-17(16)31-18)28-11-9-27(10-12-28)21-13-20(24-15-25-21)26-19-7-3-4-8-23-19/h1-8,13,15,18H,9-12,14H2,(H,23,24,25,26). The molecule has 0 saturated carbocycles. The van der Waals surface area contributed by atoms with E-state index in [0.29, 0.717) is 43.5 Å². The monoisotopic (exact) mass is 418 g/mol. The number of pyridine rings is 1. The third-order valence-corrected chi connectivity index (χ3v) is 5.27. The van der Waals surface area contributed by atoms with Crippen molar-refractivity contribution in [1.82, 2.24) is 19.9 Å². The van der Waals surface area contributed by atoms with E-state index >= 15 is 0 Å². The highest BCUT2D eigenvalue weighted by Gasteiger charge is 2.32. The van der Waals surface area contributed by atoms with Gasteiger partial charge in [-0.2, -0.15) is 0 Å². The number of nitrogens with one attached hydrogen (secondary N) is 1. The number of fused-ring (bicyclic) bond motifs is 1. The summed E-state index contributed by atoms with van der Waals surface area (Å²) < 4.78 is 11.6. The number of para-hydroxylation sites is 2. The van der Waals surface area contributed by atoms with Crippen molar-refractivity contribution < 1.29 is 14.3 Å². The predicted molar refractivity (Wildman–Crippen MR) is 115 cm³/mol. The van der Waals surface area contributed by atoms with Crippen molar-refractivity contribution in [3.05, 3.63) is 61.1 Å². The van der Waals surface area contributed by atoms with Crippen molar-refractivity contribution in [3.63, 3.8) is 0 Å². The molecule has 1 aromatic carbocycles. The second kappa shape index (κ2) is 8.47. The minimum absolute atomic E-state index is 0.0469. The van der Waals surface area contributed by atoms with Gasteiger partial charge >= 0.3 is 0 Å². The van der Waals surface area contributed by atoms with Gasteiger partial charge in [0, 0.05) is 38.4 Å². The van der Waals surface area contributed by atoms with Crippen molar-refractivity contribution in [1.29, 1.82) is 0 Å². The summed E-state index contributed by atoms with van der Waals surface area (Å²) in [5.41, 5.74) is 0. The van der Waals surface area contributed by atoms with Gasteiger partial charge in [0.05, 0.1) is 0 Å². The van der Waals surface area contributed by atoms with Crippen LogP contribution < -0.4 is 19.7 Å². The van der Waals surface area contributed by atoms with E-state index in [0.717, 1.165) is 11.6 Å². The maximum atomic E-state index is 12.9. The molecule has 0 bridgehead atoms. The van der Waals surface area contributed by atoms with E-state index in [4.69, 9.17) is 9.47 Å². The fourth-order valence-electron chi connectivity index (χ4n) is 3.66. The van der Waals surface area contributed by atoms with Crippen molar-refractivity contribution >= 4 is 23.4 Å². The molecule has 9 nitrogen and oxygen atoms in total. The van der Waals surface area contributed by atoms with Crippen molar-refractivity contribution in [2.75, 3.05) is 43.0 Å². The van der Waals surface area contributed by atoms with Crippen LogP contribution in [0.25, 0.3) is 0 Å². The number of carbonyl (C=O) groups excluding carboxylic acids is 1. The molecule has 2 aliphatic rings. The van der Waals surface area contributed by atoms with Crippen LogP contribution in [-0.2, 0) is 4.79 Å². The van der Waals surface area contributed by atoms with Crippen LogP contribution >= 0.6 is 0 Å². The van der Waals surface area contributed by atoms with Crippen LogP contribution in [0.1, 0.15) is 0 Å². The lowest BCUT2D eigenvalue weighted by atomic mass is 10.2. The average molecular weight is 418 g/mol. The second-order valence-corrected chi connectivity index (χ2v) is 7.28. The first kappa shape index (κ1) is 19.1. The summed E-state index contributed by atoms with van der Waals surface area (Å²) in [6.45, 7) is 2.76. The van der Waals surface area contributed by atoms with Gasteiger partial charge in [0.25, 0.3) is 5.91 Å². The van der Waals surface area contributed by atoms with Crippen LogP contribution in [0, 0.1) is 0 Å². The number of rotatable bonds is 4. The van der Waals surface area contributed by atoms with Gasteiger partial charge in [-0.3, -0.25) is 4.79 Å².